The molecule has 0 unspecified atom stereocenters. The summed E-state index contributed by atoms with van der Waals surface area (Å²) in [4.78, 5) is 4.47. The molecule has 2 heterocycles. The van der Waals surface area contributed by atoms with Crippen LogP contribution in [0.3, 0.4) is 0 Å². The number of halogens is 2. The predicted octanol–water partition coefficient (Wildman–Crippen LogP) is 3.29. The van der Waals surface area contributed by atoms with E-state index in [-0.39, 0.29) is 18.4 Å². The summed E-state index contributed by atoms with van der Waals surface area (Å²) in [7, 11) is 1.57. The minimum Gasteiger partial charge on any atom is -0.497 e. The molecule has 0 saturated heterocycles. The van der Waals surface area contributed by atoms with Crippen LogP contribution in [-0.4, -0.2) is 19.7 Å². The van der Waals surface area contributed by atoms with Crippen molar-refractivity contribution in [3.63, 3.8) is 0 Å². The van der Waals surface area contributed by atoms with Crippen molar-refractivity contribution in [2.75, 3.05) is 13.7 Å². The molecule has 2 N–H and O–H groups in total. The molecule has 7 heteroatoms. The Bertz CT molecular complexity index is 855. The first-order valence-electron chi connectivity index (χ1n) is 6.87. The van der Waals surface area contributed by atoms with Crippen LogP contribution < -0.4 is 15.2 Å². The van der Waals surface area contributed by atoms with E-state index in [1.807, 2.05) is 6.07 Å². The second kappa shape index (κ2) is 4.86. The van der Waals surface area contributed by atoms with Crippen molar-refractivity contribution in [3.8, 4) is 17.2 Å². The highest BCUT2D eigenvalue weighted by Crippen LogP contribution is 2.52. The number of methoxy groups -OCH3 is 1. The smallest absolute Gasteiger partial charge is 0.283 e. The van der Waals surface area contributed by atoms with E-state index in [2.05, 4.69) is 20.9 Å². The van der Waals surface area contributed by atoms with Crippen molar-refractivity contribution in [1.82, 2.24) is 0 Å². The summed E-state index contributed by atoms with van der Waals surface area (Å²) in [6.07, 6.45) is 0. The third-order valence-corrected chi connectivity index (χ3v) is 4.49. The van der Waals surface area contributed by atoms with Crippen molar-refractivity contribution in [2.45, 2.75) is 5.54 Å². The van der Waals surface area contributed by atoms with Crippen LogP contribution in [0.4, 0.5) is 4.39 Å². The number of fused-ring (bicyclic) bond motifs is 4. The molecule has 0 bridgehead atoms. The topological polar surface area (TPSA) is 66.1 Å². The number of nitrogens with zero attached hydrogens (tertiary/aromatic N) is 1. The van der Waals surface area contributed by atoms with Crippen molar-refractivity contribution < 1.29 is 18.6 Å². The molecule has 0 radical (unpaired) electrons. The van der Waals surface area contributed by atoms with Gasteiger partial charge in [0, 0.05) is 15.6 Å². The number of nitrogens with two attached hydrogens (primary N) is 1. The van der Waals surface area contributed by atoms with Gasteiger partial charge in [0.05, 0.1) is 7.11 Å². The van der Waals surface area contributed by atoms with E-state index in [1.54, 1.807) is 25.3 Å². The summed E-state index contributed by atoms with van der Waals surface area (Å²) in [5, 5.41) is 0. The van der Waals surface area contributed by atoms with Crippen molar-refractivity contribution in [3.05, 3.63) is 51.7 Å². The fraction of sp³-hybridized carbons (Fsp3) is 0.188. The maximum Gasteiger partial charge on any atom is 0.283 e. The molecule has 0 amide bonds. The SMILES string of the molecule is COc1ccc2c(c1)[C@@]1(COC(N)=N1)c1cc(Br)cc(F)c1O2. The number of benzene rings is 2. The van der Waals surface area contributed by atoms with Crippen molar-refractivity contribution >= 4 is 22.0 Å². The standard InChI is InChI=1S/C16H12BrFN2O3/c1-21-9-2-3-13-10(6-9)16(7-22-15(19)20-16)11-4-8(17)5-12(18)14(11)23-13/h2-6H,7H2,1H3,(H2,19,20)/t16-/m0/s1. The zero-order chi connectivity index (χ0) is 16.2. The Balaban J connectivity index is 2.05. The summed E-state index contributed by atoms with van der Waals surface area (Å²) in [6.45, 7) is 0.172. The minimum atomic E-state index is -0.952. The zero-order valence-corrected chi connectivity index (χ0v) is 13.7. The molecule has 2 aliphatic rings. The fourth-order valence-corrected chi connectivity index (χ4v) is 3.41. The Hall–Kier alpha value is -2.28. The van der Waals surface area contributed by atoms with E-state index in [0.29, 0.717) is 21.5 Å². The van der Waals surface area contributed by atoms with Crippen LogP contribution in [0.25, 0.3) is 0 Å². The minimum absolute atomic E-state index is 0.0620. The number of amidine groups is 1. The molecule has 23 heavy (non-hydrogen) atoms. The predicted molar refractivity (Wildman–Crippen MR) is 85.5 cm³/mol. The van der Waals surface area contributed by atoms with Gasteiger partial charge in [0.2, 0.25) is 0 Å². The first-order chi connectivity index (χ1) is 11.0. The lowest BCUT2D eigenvalue weighted by atomic mass is 9.81. The lowest BCUT2D eigenvalue weighted by Crippen LogP contribution is -2.31. The third kappa shape index (κ3) is 1.99. The molecule has 2 aliphatic heterocycles. The Morgan fingerprint density at radius 3 is 2.83 bits per heavy atom. The molecule has 1 spiro atoms. The number of ether oxygens (including phenoxy) is 3. The summed E-state index contributed by atoms with van der Waals surface area (Å²) < 4.78 is 31.5. The number of rotatable bonds is 1. The first kappa shape index (κ1) is 14.3. The van der Waals surface area contributed by atoms with Crippen LogP contribution in [0.1, 0.15) is 11.1 Å². The molecule has 0 fully saturated rings. The normalized spacial score (nSPS) is 21.1. The van der Waals surface area contributed by atoms with Gasteiger partial charge >= 0.3 is 0 Å². The molecule has 2 aromatic rings. The summed E-state index contributed by atoms with van der Waals surface area (Å²) >= 11 is 3.31. The van der Waals surface area contributed by atoms with Gasteiger partial charge in [0.15, 0.2) is 17.1 Å². The highest BCUT2D eigenvalue weighted by Gasteiger charge is 2.48. The van der Waals surface area contributed by atoms with Gasteiger partial charge in [0.1, 0.15) is 18.1 Å². The van der Waals surface area contributed by atoms with E-state index in [0.717, 1.165) is 5.56 Å². The Morgan fingerprint density at radius 1 is 1.30 bits per heavy atom. The zero-order valence-electron chi connectivity index (χ0n) is 12.1. The van der Waals surface area contributed by atoms with Gasteiger partial charge < -0.3 is 19.9 Å². The molecule has 1 atom stereocenters. The molecule has 118 valence electrons. The molecule has 5 nitrogen and oxygen atoms in total. The van der Waals surface area contributed by atoms with E-state index in [4.69, 9.17) is 19.9 Å². The maximum absolute atomic E-state index is 14.4. The second-order valence-electron chi connectivity index (χ2n) is 5.33. The van der Waals surface area contributed by atoms with Gasteiger partial charge in [-0.2, -0.15) is 0 Å². The van der Waals surface area contributed by atoms with Crippen molar-refractivity contribution in [1.29, 1.82) is 0 Å². The first-order valence-corrected chi connectivity index (χ1v) is 7.67. The summed E-state index contributed by atoms with van der Waals surface area (Å²) in [5.41, 5.74) is 6.08. The summed E-state index contributed by atoms with van der Waals surface area (Å²) in [5.74, 6) is 0.802. The molecule has 0 aromatic heterocycles. The molecular weight excluding hydrogens is 367 g/mol. The maximum atomic E-state index is 14.4. The van der Waals surface area contributed by atoms with Crippen LogP contribution in [0.2, 0.25) is 0 Å². The lowest BCUT2D eigenvalue weighted by molar-refractivity contribution is 0.261. The number of hydrogen-bond acceptors (Lipinski definition) is 5. The van der Waals surface area contributed by atoms with E-state index >= 15 is 0 Å². The fourth-order valence-electron chi connectivity index (χ4n) is 2.98. The lowest BCUT2D eigenvalue weighted by Gasteiger charge is -2.33. The van der Waals surface area contributed by atoms with Crippen LogP contribution in [0, 0.1) is 5.82 Å². The molecule has 4 rings (SSSR count). The summed E-state index contributed by atoms with van der Waals surface area (Å²) in [6, 6.07) is 8.47. The average molecular weight is 379 g/mol. The van der Waals surface area contributed by atoms with Gasteiger partial charge in [-0.3, -0.25) is 0 Å². The molecule has 2 aromatic carbocycles. The largest absolute Gasteiger partial charge is 0.497 e. The van der Waals surface area contributed by atoms with Crippen molar-refractivity contribution in [2.24, 2.45) is 10.7 Å². The Morgan fingerprint density at radius 2 is 2.13 bits per heavy atom. The van der Waals surface area contributed by atoms with Gasteiger partial charge in [-0.15, -0.1) is 0 Å². The quantitative estimate of drug-likeness (QED) is 0.826. The third-order valence-electron chi connectivity index (χ3n) is 4.03. The molecule has 0 saturated carbocycles. The van der Waals surface area contributed by atoms with Crippen LogP contribution in [0.15, 0.2) is 39.8 Å². The molecule has 0 aliphatic carbocycles. The monoisotopic (exact) mass is 378 g/mol. The van der Waals surface area contributed by atoms with Crippen LogP contribution in [0.5, 0.6) is 17.2 Å². The number of aliphatic imine (C=N–C) groups is 1. The average Bonchev–Trinajstić information content (AvgIpc) is 2.91. The van der Waals surface area contributed by atoms with Gasteiger partial charge in [-0.1, -0.05) is 15.9 Å². The van der Waals surface area contributed by atoms with E-state index in [1.165, 1.54) is 6.07 Å². The van der Waals surface area contributed by atoms with Gasteiger partial charge in [0.25, 0.3) is 6.02 Å². The highest BCUT2D eigenvalue weighted by atomic mass is 79.9. The molecular formula is C16H12BrFN2O3. The van der Waals surface area contributed by atoms with Gasteiger partial charge in [-0.05, 0) is 30.3 Å². The second-order valence-corrected chi connectivity index (χ2v) is 6.24. The van der Waals surface area contributed by atoms with Gasteiger partial charge in [-0.25, -0.2) is 9.38 Å². The van der Waals surface area contributed by atoms with Crippen LogP contribution >= 0.6 is 15.9 Å². The number of hydrogen-bond donors (Lipinski definition) is 1. The van der Waals surface area contributed by atoms with E-state index < -0.39 is 11.4 Å². The van der Waals surface area contributed by atoms with E-state index in [9.17, 15) is 4.39 Å². The van der Waals surface area contributed by atoms with Crippen LogP contribution in [-0.2, 0) is 10.3 Å². The Labute approximate surface area is 140 Å². The highest BCUT2D eigenvalue weighted by molar-refractivity contribution is 9.10. The Kier molecular flexibility index (Phi) is 3.02.